The first-order valence-corrected chi connectivity index (χ1v) is 6.23. The molecule has 0 radical (unpaired) electrons. The lowest BCUT2D eigenvalue weighted by atomic mass is 10.2. The molecule has 0 fully saturated rings. The van der Waals surface area contributed by atoms with Crippen LogP contribution in [0, 0.1) is 6.92 Å². The van der Waals surface area contributed by atoms with Crippen LogP contribution in [0.3, 0.4) is 0 Å². The van der Waals surface area contributed by atoms with Crippen molar-refractivity contribution in [3.63, 3.8) is 0 Å². The summed E-state index contributed by atoms with van der Waals surface area (Å²) in [6.45, 7) is 1.72. The first-order chi connectivity index (χ1) is 9.40. The second-order valence-corrected chi connectivity index (χ2v) is 4.82. The molecule has 1 amide bonds. The molecule has 0 bridgehead atoms. The summed E-state index contributed by atoms with van der Waals surface area (Å²) in [5, 5.41) is 11.4. The van der Waals surface area contributed by atoms with Crippen LogP contribution in [0.2, 0.25) is 10.0 Å². The van der Waals surface area contributed by atoms with Gasteiger partial charge >= 0.3 is 5.97 Å². The number of carboxylic acids is 1. The highest BCUT2D eigenvalue weighted by atomic mass is 35.5. The van der Waals surface area contributed by atoms with E-state index in [4.69, 9.17) is 32.7 Å². The second kappa shape index (κ2) is 5.56. The number of carboxylic acid groups (broad SMARTS) is 1. The van der Waals surface area contributed by atoms with E-state index in [9.17, 15) is 9.59 Å². The molecule has 1 aromatic carbocycles. The van der Waals surface area contributed by atoms with Crippen LogP contribution in [0.15, 0.2) is 28.9 Å². The molecule has 0 unspecified atom stereocenters. The van der Waals surface area contributed by atoms with Crippen LogP contribution in [-0.2, 0) is 0 Å². The maximum atomic E-state index is 12.0. The molecule has 104 valence electrons. The molecule has 0 saturated heterocycles. The first kappa shape index (κ1) is 14.4. The molecule has 1 aromatic heterocycles. The Balaban J connectivity index is 2.33. The van der Waals surface area contributed by atoms with Gasteiger partial charge in [0.05, 0.1) is 27.6 Å². The third kappa shape index (κ3) is 2.79. The Morgan fingerprint density at radius 1 is 1.25 bits per heavy atom. The second-order valence-electron chi connectivity index (χ2n) is 4.01. The van der Waals surface area contributed by atoms with Gasteiger partial charge in [0.25, 0.3) is 5.91 Å². The molecular formula is C13H9Cl2NO4. The smallest absolute Gasteiger partial charge is 0.335 e. The molecule has 2 aromatic rings. The molecule has 7 heteroatoms. The summed E-state index contributed by atoms with van der Waals surface area (Å²) in [5.74, 6) is -1.53. The van der Waals surface area contributed by atoms with Gasteiger partial charge in [-0.25, -0.2) is 4.79 Å². The molecule has 20 heavy (non-hydrogen) atoms. The van der Waals surface area contributed by atoms with Crippen LogP contribution >= 0.6 is 23.2 Å². The molecular weight excluding hydrogens is 305 g/mol. The number of furan rings is 1. The molecule has 2 rings (SSSR count). The van der Waals surface area contributed by atoms with Crippen molar-refractivity contribution in [3.05, 3.63) is 51.4 Å². The van der Waals surface area contributed by atoms with Crippen LogP contribution in [0.1, 0.15) is 26.5 Å². The Bertz CT molecular complexity index is 670. The number of anilines is 1. The number of nitrogens with one attached hydrogen (secondary N) is 1. The van der Waals surface area contributed by atoms with Gasteiger partial charge in [-0.1, -0.05) is 23.2 Å². The van der Waals surface area contributed by atoms with E-state index in [0.29, 0.717) is 5.56 Å². The molecule has 0 saturated carbocycles. The molecule has 0 aliphatic carbocycles. The predicted molar refractivity (Wildman–Crippen MR) is 74.8 cm³/mol. The molecule has 0 atom stereocenters. The quantitative estimate of drug-likeness (QED) is 0.902. The van der Waals surface area contributed by atoms with Crippen molar-refractivity contribution in [2.45, 2.75) is 6.92 Å². The lowest BCUT2D eigenvalue weighted by Crippen LogP contribution is -2.13. The van der Waals surface area contributed by atoms with E-state index in [1.165, 1.54) is 18.4 Å². The number of aryl methyl sites for hydroxylation is 1. The fourth-order valence-electron chi connectivity index (χ4n) is 1.59. The van der Waals surface area contributed by atoms with E-state index in [1.807, 2.05) is 0 Å². The Labute approximate surface area is 124 Å². The highest BCUT2D eigenvalue weighted by molar-refractivity contribution is 6.40. The number of aromatic carboxylic acids is 1. The third-order valence-electron chi connectivity index (χ3n) is 2.60. The Kier molecular flexibility index (Phi) is 4.01. The van der Waals surface area contributed by atoms with E-state index in [0.717, 1.165) is 0 Å². The van der Waals surface area contributed by atoms with Gasteiger partial charge in [-0.15, -0.1) is 0 Å². The van der Waals surface area contributed by atoms with Gasteiger partial charge < -0.3 is 14.8 Å². The van der Waals surface area contributed by atoms with Crippen LogP contribution in [0.4, 0.5) is 5.69 Å². The summed E-state index contributed by atoms with van der Waals surface area (Å²) < 4.78 is 5.05. The van der Waals surface area contributed by atoms with Gasteiger partial charge in [0.2, 0.25) is 0 Å². The number of hydrogen-bond donors (Lipinski definition) is 2. The summed E-state index contributed by atoms with van der Waals surface area (Å²) in [5.41, 5.74) is 0.739. The van der Waals surface area contributed by atoms with Crippen LogP contribution in [0.5, 0.6) is 0 Å². The highest BCUT2D eigenvalue weighted by Gasteiger charge is 2.18. The van der Waals surface area contributed by atoms with Crippen molar-refractivity contribution >= 4 is 40.8 Å². The molecule has 5 nitrogen and oxygen atoms in total. The fraction of sp³-hybridized carbons (Fsp3) is 0.0769. The monoisotopic (exact) mass is 313 g/mol. The van der Waals surface area contributed by atoms with Gasteiger partial charge in [0, 0.05) is 5.56 Å². The van der Waals surface area contributed by atoms with E-state index in [-0.39, 0.29) is 27.1 Å². The van der Waals surface area contributed by atoms with Gasteiger partial charge in [-0.2, -0.15) is 0 Å². The number of amides is 1. The summed E-state index contributed by atoms with van der Waals surface area (Å²) in [6, 6.07) is 4.06. The largest absolute Gasteiger partial charge is 0.478 e. The normalized spacial score (nSPS) is 10.3. The summed E-state index contributed by atoms with van der Waals surface area (Å²) >= 11 is 11.9. The highest BCUT2D eigenvalue weighted by Crippen LogP contribution is 2.32. The van der Waals surface area contributed by atoms with Crippen molar-refractivity contribution in [1.82, 2.24) is 0 Å². The average molecular weight is 314 g/mol. The number of carbonyl (C=O) groups excluding carboxylic acids is 1. The number of rotatable bonds is 3. The number of carbonyl (C=O) groups is 2. The Morgan fingerprint density at radius 3 is 2.30 bits per heavy atom. The minimum atomic E-state index is -1.16. The molecule has 0 aliphatic rings. The summed E-state index contributed by atoms with van der Waals surface area (Å²) in [7, 11) is 0. The number of halogens is 2. The fourth-order valence-corrected chi connectivity index (χ4v) is 2.17. The number of benzene rings is 1. The van der Waals surface area contributed by atoms with E-state index in [2.05, 4.69) is 5.32 Å². The van der Waals surface area contributed by atoms with Crippen LogP contribution in [-0.4, -0.2) is 17.0 Å². The van der Waals surface area contributed by atoms with Crippen molar-refractivity contribution < 1.29 is 19.1 Å². The summed E-state index contributed by atoms with van der Waals surface area (Å²) in [4.78, 5) is 22.8. The topological polar surface area (TPSA) is 79.5 Å². The Hall–Kier alpha value is -1.98. The molecule has 1 heterocycles. The van der Waals surface area contributed by atoms with E-state index < -0.39 is 11.9 Å². The van der Waals surface area contributed by atoms with Crippen LogP contribution in [0.25, 0.3) is 0 Å². The molecule has 0 spiro atoms. The van der Waals surface area contributed by atoms with Gasteiger partial charge in [0.1, 0.15) is 0 Å². The van der Waals surface area contributed by atoms with Crippen molar-refractivity contribution in [2.75, 3.05) is 5.32 Å². The van der Waals surface area contributed by atoms with Gasteiger partial charge in [-0.3, -0.25) is 4.79 Å². The van der Waals surface area contributed by atoms with E-state index >= 15 is 0 Å². The van der Waals surface area contributed by atoms with Crippen molar-refractivity contribution in [3.8, 4) is 0 Å². The third-order valence-corrected chi connectivity index (χ3v) is 3.19. The minimum Gasteiger partial charge on any atom is -0.478 e. The molecule has 0 aliphatic heterocycles. The minimum absolute atomic E-state index is 0.0347. The molecule has 2 N–H and O–H groups in total. The lowest BCUT2D eigenvalue weighted by molar-refractivity contribution is 0.0696. The maximum absolute atomic E-state index is 12.0. The number of hydrogen-bond acceptors (Lipinski definition) is 3. The van der Waals surface area contributed by atoms with Crippen molar-refractivity contribution in [2.24, 2.45) is 0 Å². The lowest BCUT2D eigenvalue weighted by Gasteiger charge is -2.09. The zero-order valence-electron chi connectivity index (χ0n) is 10.2. The van der Waals surface area contributed by atoms with Gasteiger partial charge in [0.15, 0.2) is 5.76 Å². The van der Waals surface area contributed by atoms with Crippen LogP contribution < -0.4 is 5.32 Å². The zero-order chi connectivity index (χ0) is 14.9. The maximum Gasteiger partial charge on any atom is 0.335 e. The Morgan fingerprint density at radius 2 is 1.85 bits per heavy atom. The average Bonchev–Trinajstić information content (AvgIpc) is 2.79. The van der Waals surface area contributed by atoms with E-state index in [1.54, 1.807) is 13.0 Å². The first-order valence-electron chi connectivity index (χ1n) is 5.48. The van der Waals surface area contributed by atoms with Gasteiger partial charge in [-0.05, 0) is 25.1 Å². The SMILES string of the molecule is Cc1ccoc1C(=O)Nc1c(Cl)cc(C(=O)O)cc1Cl. The predicted octanol–water partition coefficient (Wildman–Crippen LogP) is 3.85. The zero-order valence-corrected chi connectivity index (χ0v) is 11.7. The summed E-state index contributed by atoms with van der Waals surface area (Å²) in [6.07, 6.45) is 1.39. The standard InChI is InChI=1S/C13H9Cl2NO4/c1-6-2-3-20-11(6)12(17)16-10-8(14)4-7(13(18)19)5-9(10)15/h2-5H,1H3,(H,16,17)(H,18,19). The van der Waals surface area contributed by atoms with Crippen molar-refractivity contribution in [1.29, 1.82) is 0 Å².